The van der Waals surface area contributed by atoms with Gasteiger partial charge >= 0.3 is 5.97 Å². The summed E-state index contributed by atoms with van der Waals surface area (Å²) in [5.41, 5.74) is 2.35. The highest BCUT2D eigenvalue weighted by Crippen LogP contribution is 2.21. The van der Waals surface area contributed by atoms with E-state index in [-0.39, 0.29) is 30.3 Å². The number of amides is 1. The number of halogens is 1. The molecule has 0 fully saturated rings. The summed E-state index contributed by atoms with van der Waals surface area (Å²) < 4.78 is 15.0. The average Bonchev–Trinajstić information content (AvgIpc) is 2.71. The molecule has 1 aliphatic carbocycles. The van der Waals surface area contributed by atoms with Crippen molar-refractivity contribution in [1.29, 1.82) is 0 Å². The van der Waals surface area contributed by atoms with Gasteiger partial charge < -0.3 is 15.0 Å². The third-order valence-corrected chi connectivity index (χ3v) is 6.11. The van der Waals surface area contributed by atoms with Crippen LogP contribution in [0.3, 0.4) is 0 Å². The molecule has 7 heteroatoms. The summed E-state index contributed by atoms with van der Waals surface area (Å²) in [5.74, 6) is -1.68. The second-order valence-electron chi connectivity index (χ2n) is 9.36. The molecule has 0 saturated carbocycles. The highest BCUT2D eigenvalue weighted by molar-refractivity contribution is 5.94. The first-order chi connectivity index (χ1) is 15.7. The number of carbonyl (C=O) groups excluding carboxylic acids is 1. The molecule has 0 radical (unpaired) electrons. The van der Waals surface area contributed by atoms with E-state index in [9.17, 15) is 23.9 Å². The van der Waals surface area contributed by atoms with Crippen molar-refractivity contribution in [3.05, 3.63) is 68.9 Å². The Balaban J connectivity index is 2.00. The topological polar surface area (TPSA) is 88.4 Å². The van der Waals surface area contributed by atoms with Crippen LogP contribution < -0.4 is 10.9 Å². The molecule has 1 atom stereocenters. The van der Waals surface area contributed by atoms with Crippen molar-refractivity contribution in [1.82, 2.24) is 9.88 Å². The zero-order valence-corrected chi connectivity index (χ0v) is 19.4. The molecule has 1 aromatic carbocycles. The van der Waals surface area contributed by atoms with E-state index in [2.05, 4.69) is 5.32 Å². The maximum atomic E-state index is 13.5. The fraction of sp³-hybridized carbons (Fsp3) is 0.500. The number of benzene rings is 1. The van der Waals surface area contributed by atoms with Crippen molar-refractivity contribution in [2.24, 2.45) is 5.92 Å². The van der Waals surface area contributed by atoms with Crippen LogP contribution in [0.5, 0.6) is 0 Å². The smallest absolute Gasteiger partial charge is 0.305 e. The zero-order chi connectivity index (χ0) is 24.0. The lowest BCUT2D eigenvalue weighted by Crippen LogP contribution is -2.41. The quantitative estimate of drug-likeness (QED) is 0.619. The van der Waals surface area contributed by atoms with Crippen LogP contribution in [0.25, 0.3) is 0 Å². The highest BCUT2D eigenvalue weighted by atomic mass is 19.1. The van der Waals surface area contributed by atoms with Crippen LogP contribution >= 0.6 is 0 Å². The summed E-state index contributed by atoms with van der Waals surface area (Å²) in [4.78, 5) is 37.9. The van der Waals surface area contributed by atoms with Crippen LogP contribution in [0.4, 0.5) is 4.39 Å². The van der Waals surface area contributed by atoms with E-state index in [1.165, 1.54) is 12.1 Å². The second-order valence-corrected chi connectivity index (χ2v) is 9.36. The van der Waals surface area contributed by atoms with Gasteiger partial charge in [-0.2, -0.15) is 0 Å². The molecular formula is C26H33FN2O4. The first kappa shape index (κ1) is 24.7. The molecule has 0 aliphatic heterocycles. The number of hydrogen-bond acceptors (Lipinski definition) is 3. The Morgan fingerprint density at radius 3 is 2.39 bits per heavy atom. The molecule has 1 heterocycles. The van der Waals surface area contributed by atoms with Gasteiger partial charge in [-0.05, 0) is 67.3 Å². The van der Waals surface area contributed by atoms with E-state index in [1.54, 1.807) is 22.8 Å². The van der Waals surface area contributed by atoms with Crippen molar-refractivity contribution in [2.45, 2.75) is 77.8 Å². The summed E-state index contributed by atoms with van der Waals surface area (Å²) in [7, 11) is 0. The minimum absolute atomic E-state index is 0.0376. The van der Waals surface area contributed by atoms with Gasteiger partial charge in [0, 0.05) is 11.7 Å². The molecule has 178 valence electrons. The first-order valence-electron chi connectivity index (χ1n) is 11.8. The summed E-state index contributed by atoms with van der Waals surface area (Å²) in [5, 5.41) is 12.0. The van der Waals surface area contributed by atoms with Crippen LogP contribution in [0.2, 0.25) is 0 Å². The molecule has 1 aromatic heterocycles. The number of aliphatic carboxylic acids is 1. The molecule has 0 bridgehead atoms. The number of carboxylic acids is 1. The summed E-state index contributed by atoms with van der Waals surface area (Å²) >= 11 is 0. The lowest BCUT2D eigenvalue weighted by atomic mass is 9.95. The van der Waals surface area contributed by atoms with Gasteiger partial charge in [-0.3, -0.25) is 14.4 Å². The third kappa shape index (κ3) is 6.76. The normalized spacial score (nSPS) is 14.8. The zero-order valence-electron chi connectivity index (χ0n) is 19.4. The lowest BCUT2D eigenvalue weighted by Gasteiger charge is -2.23. The number of rotatable bonds is 8. The van der Waals surface area contributed by atoms with Crippen molar-refractivity contribution in [2.75, 3.05) is 0 Å². The molecule has 2 aromatic rings. The van der Waals surface area contributed by atoms with Gasteiger partial charge in [0.1, 0.15) is 11.4 Å². The van der Waals surface area contributed by atoms with E-state index in [0.717, 1.165) is 55.3 Å². The van der Waals surface area contributed by atoms with E-state index in [1.807, 2.05) is 13.8 Å². The molecule has 3 rings (SSSR count). The molecular weight excluding hydrogens is 423 g/mol. The van der Waals surface area contributed by atoms with Crippen LogP contribution in [0.1, 0.15) is 79.6 Å². The van der Waals surface area contributed by atoms with Crippen LogP contribution in [-0.4, -0.2) is 27.6 Å². The number of hydrogen-bond donors (Lipinski definition) is 2. The van der Waals surface area contributed by atoms with Gasteiger partial charge in [0.25, 0.3) is 11.5 Å². The number of carboxylic acid groups (broad SMARTS) is 1. The maximum Gasteiger partial charge on any atom is 0.305 e. The number of aryl methyl sites for hydroxylation is 1. The summed E-state index contributed by atoms with van der Waals surface area (Å²) in [6.07, 6.45) is 6.00. The molecule has 0 spiro atoms. The highest BCUT2D eigenvalue weighted by Gasteiger charge is 2.23. The minimum atomic E-state index is -0.993. The van der Waals surface area contributed by atoms with E-state index >= 15 is 0 Å². The monoisotopic (exact) mass is 456 g/mol. The van der Waals surface area contributed by atoms with Crippen LogP contribution in [-0.2, 0) is 24.2 Å². The fourth-order valence-electron chi connectivity index (χ4n) is 4.57. The van der Waals surface area contributed by atoms with Crippen molar-refractivity contribution in [3.63, 3.8) is 0 Å². The van der Waals surface area contributed by atoms with E-state index < -0.39 is 23.5 Å². The Morgan fingerprint density at radius 2 is 1.76 bits per heavy atom. The van der Waals surface area contributed by atoms with Crippen LogP contribution in [0.15, 0.2) is 35.1 Å². The third-order valence-electron chi connectivity index (χ3n) is 6.11. The van der Waals surface area contributed by atoms with Gasteiger partial charge in [-0.15, -0.1) is 0 Å². The van der Waals surface area contributed by atoms with Crippen molar-refractivity contribution < 1.29 is 19.1 Å². The maximum absolute atomic E-state index is 13.5. The van der Waals surface area contributed by atoms with Crippen molar-refractivity contribution in [3.8, 4) is 0 Å². The largest absolute Gasteiger partial charge is 0.481 e. The minimum Gasteiger partial charge on any atom is -0.481 e. The number of nitrogens with one attached hydrogen (secondary N) is 1. The first-order valence-corrected chi connectivity index (χ1v) is 11.8. The van der Waals surface area contributed by atoms with Gasteiger partial charge in [0.2, 0.25) is 0 Å². The number of carbonyl (C=O) groups is 2. The molecule has 1 amide bonds. The van der Waals surface area contributed by atoms with E-state index in [0.29, 0.717) is 6.42 Å². The number of aromatic nitrogens is 1. The van der Waals surface area contributed by atoms with Gasteiger partial charge in [0.15, 0.2) is 0 Å². The van der Waals surface area contributed by atoms with Crippen LogP contribution in [0, 0.1) is 11.7 Å². The predicted molar refractivity (Wildman–Crippen MR) is 125 cm³/mol. The molecule has 1 unspecified atom stereocenters. The lowest BCUT2D eigenvalue weighted by molar-refractivity contribution is -0.137. The van der Waals surface area contributed by atoms with E-state index in [4.69, 9.17) is 0 Å². The molecule has 6 nitrogen and oxygen atoms in total. The fourth-order valence-corrected chi connectivity index (χ4v) is 4.57. The molecule has 2 N–H and O–H groups in total. The Hall–Kier alpha value is -2.96. The molecule has 0 saturated heterocycles. The number of nitrogens with zero attached hydrogens (tertiary/aromatic N) is 1. The number of pyridine rings is 1. The number of fused-ring (bicyclic) bond motifs is 1. The summed E-state index contributed by atoms with van der Waals surface area (Å²) in [6.45, 7) is 4.18. The van der Waals surface area contributed by atoms with Gasteiger partial charge in [-0.1, -0.05) is 38.8 Å². The van der Waals surface area contributed by atoms with Crippen molar-refractivity contribution >= 4 is 11.9 Å². The Morgan fingerprint density at radius 1 is 1.09 bits per heavy atom. The van der Waals surface area contributed by atoms with Gasteiger partial charge in [0.05, 0.1) is 13.0 Å². The average molecular weight is 457 g/mol. The Bertz CT molecular complexity index is 1040. The van der Waals surface area contributed by atoms with Gasteiger partial charge in [-0.25, -0.2) is 4.39 Å². The Kier molecular flexibility index (Phi) is 8.42. The predicted octanol–water partition coefficient (Wildman–Crippen LogP) is 4.31. The molecule has 33 heavy (non-hydrogen) atoms. The summed E-state index contributed by atoms with van der Waals surface area (Å²) in [6, 6.07) is 7.17. The Labute approximate surface area is 193 Å². The molecule has 1 aliphatic rings. The second kappa shape index (κ2) is 11.3. The SMILES string of the molecule is CC(C)CC(CC(=O)O)NC(=O)c1cc2c(n(Cc3ccc(F)cc3)c1=O)CCCCCC2. The standard InChI is InChI=1S/C26H33FN2O4/c1-17(2)13-21(15-24(30)31)28-25(32)22-14-19-7-5-3-4-6-8-23(19)29(26(22)33)16-18-9-11-20(27)12-10-18/h9-12,14,17,21H,3-8,13,15-16H2,1-2H3,(H,28,32)(H,30,31).